The lowest BCUT2D eigenvalue weighted by Crippen LogP contribution is -2.33. The molecule has 0 aliphatic carbocycles. The number of aryl methyl sites for hydroxylation is 1. The van der Waals surface area contributed by atoms with Crippen LogP contribution in [0.4, 0.5) is 0 Å². The van der Waals surface area contributed by atoms with Crippen LogP contribution >= 0.6 is 22.7 Å². The molecule has 2 aromatic carbocycles. The van der Waals surface area contributed by atoms with E-state index in [0.717, 1.165) is 29.9 Å². The molecular formula is C27H25N3O3S2. The third-order valence-electron chi connectivity index (χ3n) is 6.19. The van der Waals surface area contributed by atoms with E-state index < -0.39 is 0 Å². The average Bonchev–Trinajstić information content (AvgIpc) is 3.47. The number of para-hydroxylation sites is 1. The van der Waals surface area contributed by atoms with Gasteiger partial charge in [-0.05, 0) is 57.1 Å². The molecule has 0 spiro atoms. The molecule has 8 heteroatoms. The largest absolute Gasteiger partial charge is 0.301 e. The molecule has 2 aromatic heterocycles. The van der Waals surface area contributed by atoms with Crippen LogP contribution in [0.25, 0.3) is 20.8 Å². The maximum atomic E-state index is 11.7. The van der Waals surface area contributed by atoms with Crippen molar-refractivity contribution in [3.05, 3.63) is 75.0 Å². The van der Waals surface area contributed by atoms with Crippen LogP contribution in [0.5, 0.6) is 0 Å². The number of hydrogen-bond donors (Lipinski definition) is 0. The Kier molecular flexibility index (Phi) is 6.35. The summed E-state index contributed by atoms with van der Waals surface area (Å²) in [6.07, 6.45) is 1.15. The van der Waals surface area contributed by atoms with Crippen molar-refractivity contribution in [2.75, 3.05) is 20.1 Å². The highest BCUT2D eigenvalue weighted by atomic mass is 32.1. The summed E-state index contributed by atoms with van der Waals surface area (Å²) in [6.45, 7) is 5.69. The fraction of sp³-hybridized carbons (Fsp3) is 0.259. The molecule has 2 aliphatic heterocycles. The number of thiazole rings is 1. The summed E-state index contributed by atoms with van der Waals surface area (Å²) in [7, 11) is 2.20. The Bertz CT molecular complexity index is 1400. The number of imide groups is 1. The number of rotatable bonds is 3. The number of likely N-dealkylation sites (N-methyl/N-ethyl adjacent to an activating group) is 1. The zero-order chi connectivity index (χ0) is 24.7. The first-order valence-electron chi connectivity index (χ1n) is 11.4. The van der Waals surface area contributed by atoms with Gasteiger partial charge >= 0.3 is 0 Å². The Balaban J connectivity index is 0.000000152. The molecule has 0 N–H and O–H groups in total. The van der Waals surface area contributed by atoms with Crippen molar-refractivity contribution in [3.63, 3.8) is 0 Å². The molecule has 6 rings (SSSR count). The first-order valence-corrected chi connectivity index (χ1v) is 13.1. The number of carbonyl (C=O) groups is 3. The second kappa shape index (κ2) is 9.45. The van der Waals surface area contributed by atoms with Gasteiger partial charge in [0.15, 0.2) is 0 Å². The van der Waals surface area contributed by atoms with E-state index in [9.17, 15) is 14.4 Å². The first kappa shape index (κ1) is 23.5. The molecule has 35 heavy (non-hydrogen) atoms. The Morgan fingerprint density at radius 2 is 1.66 bits per heavy atom. The van der Waals surface area contributed by atoms with Crippen molar-refractivity contribution in [2.45, 2.75) is 26.8 Å². The van der Waals surface area contributed by atoms with Gasteiger partial charge in [0.2, 0.25) is 0 Å². The molecule has 0 atom stereocenters. The molecule has 4 aromatic rings. The summed E-state index contributed by atoms with van der Waals surface area (Å²) < 4.78 is 1.29. The highest BCUT2D eigenvalue weighted by Gasteiger charge is 2.35. The van der Waals surface area contributed by atoms with Crippen LogP contribution in [-0.4, -0.2) is 52.5 Å². The minimum absolute atomic E-state index is 0.146. The number of Topliss-reactive ketones (excluding diaryl/α,β-unsaturated/α-hetero) is 1. The van der Waals surface area contributed by atoms with Gasteiger partial charge in [-0.2, -0.15) is 0 Å². The molecule has 0 saturated heterocycles. The van der Waals surface area contributed by atoms with Gasteiger partial charge in [-0.25, -0.2) is 4.98 Å². The van der Waals surface area contributed by atoms with Crippen molar-refractivity contribution in [3.8, 4) is 10.6 Å². The number of nitrogens with zero attached hydrogens (tertiary/aromatic N) is 3. The highest BCUT2D eigenvalue weighted by molar-refractivity contribution is 7.22. The summed E-state index contributed by atoms with van der Waals surface area (Å²) in [6, 6.07) is 15.0. The van der Waals surface area contributed by atoms with Gasteiger partial charge in [-0.15, -0.1) is 22.7 Å². The molecule has 0 bridgehead atoms. The van der Waals surface area contributed by atoms with E-state index in [1.807, 2.05) is 22.7 Å². The Morgan fingerprint density at radius 3 is 2.31 bits per heavy atom. The second-order valence-corrected chi connectivity index (χ2v) is 11.2. The van der Waals surface area contributed by atoms with Crippen LogP contribution in [0.15, 0.2) is 48.5 Å². The molecule has 0 unspecified atom stereocenters. The lowest BCUT2D eigenvalue weighted by atomic mass is 10.0. The number of fused-ring (bicyclic) bond motifs is 3. The second-order valence-electron chi connectivity index (χ2n) is 8.85. The predicted octanol–water partition coefficient (Wildman–Crippen LogP) is 5.19. The van der Waals surface area contributed by atoms with Crippen LogP contribution in [0.3, 0.4) is 0 Å². The third-order valence-corrected chi connectivity index (χ3v) is 8.38. The van der Waals surface area contributed by atoms with Crippen LogP contribution in [0, 0.1) is 6.92 Å². The van der Waals surface area contributed by atoms with Crippen LogP contribution in [0.1, 0.15) is 43.0 Å². The summed E-state index contributed by atoms with van der Waals surface area (Å²) >= 11 is 3.78. The average molecular weight is 504 g/mol. The molecule has 178 valence electrons. The van der Waals surface area contributed by atoms with Crippen LogP contribution in [-0.2, 0) is 17.8 Å². The van der Waals surface area contributed by atoms with Gasteiger partial charge < -0.3 is 4.90 Å². The standard InChI is InChI=1S/C16H16N2S2.C11H9NO3/c1-10-15(11-7-8-18(2)9-14(11)19-10)16-17-12-5-3-4-6-13(12)20-16;1-7(13)6-12-10(14)8-4-2-3-5-9(8)11(12)15/h3-6H,7-9H2,1-2H3;2-5H,6H2,1H3. The maximum absolute atomic E-state index is 11.7. The third kappa shape index (κ3) is 4.45. The van der Waals surface area contributed by atoms with Gasteiger partial charge in [0.05, 0.1) is 27.9 Å². The smallest absolute Gasteiger partial charge is 0.261 e. The van der Waals surface area contributed by atoms with Crippen molar-refractivity contribution in [1.29, 1.82) is 0 Å². The minimum atomic E-state index is -0.384. The monoisotopic (exact) mass is 503 g/mol. The molecule has 6 nitrogen and oxygen atoms in total. The quantitative estimate of drug-likeness (QED) is 0.360. The van der Waals surface area contributed by atoms with E-state index in [4.69, 9.17) is 4.98 Å². The molecule has 0 saturated carbocycles. The molecular weight excluding hydrogens is 478 g/mol. The summed E-state index contributed by atoms with van der Waals surface area (Å²) in [5.41, 5.74) is 4.84. The Labute approximate surface area is 211 Å². The van der Waals surface area contributed by atoms with Gasteiger partial charge in [0, 0.05) is 28.4 Å². The predicted molar refractivity (Wildman–Crippen MR) is 140 cm³/mol. The van der Waals surface area contributed by atoms with Gasteiger partial charge in [0.25, 0.3) is 11.8 Å². The van der Waals surface area contributed by atoms with Crippen molar-refractivity contribution < 1.29 is 14.4 Å². The number of hydrogen-bond acceptors (Lipinski definition) is 7. The number of amides is 2. The highest BCUT2D eigenvalue weighted by Crippen LogP contribution is 2.41. The van der Waals surface area contributed by atoms with E-state index in [2.05, 4.69) is 43.1 Å². The van der Waals surface area contributed by atoms with E-state index in [0.29, 0.717) is 11.1 Å². The van der Waals surface area contributed by atoms with Crippen molar-refractivity contribution >= 4 is 50.5 Å². The molecule has 2 aliphatic rings. The Morgan fingerprint density at radius 1 is 1.00 bits per heavy atom. The van der Waals surface area contributed by atoms with Crippen LogP contribution < -0.4 is 0 Å². The van der Waals surface area contributed by atoms with E-state index in [1.165, 1.54) is 31.9 Å². The summed E-state index contributed by atoms with van der Waals surface area (Å²) in [5, 5.41) is 1.20. The number of carbonyl (C=O) groups excluding carboxylic acids is 3. The lowest BCUT2D eigenvalue weighted by Gasteiger charge is -2.22. The first-order chi connectivity index (χ1) is 16.8. The minimum Gasteiger partial charge on any atom is -0.301 e. The molecule has 4 heterocycles. The van der Waals surface area contributed by atoms with E-state index >= 15 is 0 Å². The topological polar surface area (TPSA) is 70.6 Å². The summed E-state index contributed by atoms with van der Waals surface area (Å²) in [4.78, 5) is 45.5. The number of ketones is 1. The van der Waals surface area contributed by atoms with E-state index in [-0.39, 0.29) is 24.1 Å². The molecule has 0 radical (unpaired) electrons. The fourth-order valence-electron chi connectivity index (χ4n) is 4.53. The van der Waals surface area contributed by atoms with Gasteiger partial charge in [-0.3, -0.25) is 19.3 Å². The number of thiophene rings is 1. The molecule has 0 fully saturated rings. The SMILES string of the molecule is CC(=O)CN1C(=O)c2ccccc2C1=O.Cc1sc2c(c1-c1nc3ccccc3s1)CCN(C)C2. The summed E-state index contributed by atoms with van der Waals surface area (Å²) in [5.74, 6) is -0.971. The zero-order valence-corrected chi connectivity index (χ0v) is 21.5. The van der Waals surface area contributed by atoms with Crippen LogP contribution in [0.2, 0.25) is 0 Å². The Hall–Kier alpha value is -3.20. The number of benzene rings is 2. The van der Waals surface area contributed by atoms with E-state index in [1.54, 1.807) is 29.8 Å². The lowest BCUT2D eigenvalue weighted by molar-refractivity contribution is -0.117. The van der Waals surface area contributed by atoms with Crippen molar-refractivity contribution in [2.24, 2.45) is 0 Å². The molecule has 2 amide bonds. The van der Waals surface area contributed by atoms with Crippen molar-refractivity contribution in [1.82, 2.24) is 14.8 Å². The maximum Gasteiger partial charge on any atom is 0.261 e. The van der Waals surface area contributed by atoms with Gasteiger partial charge in [-0.1, -0.05) is 24.3 Å². The normalized spacial score (nSPS) is 15.1. The van der Waals surface area contributed by atoms with Gasteiger partial charge in [0.1, 0.15) is 10.8 Å². The zero-order valence-electron chi connectivity index (χ0n) is 19.8. The fourth-order valence-corrected chi connectivity index (χ4v) is 7.00. The number of aromatic nitrogens is 1.